The molecular formula is C17H21N3O4S. The molecule has 8 heteroatoms. The van der Waals surface area contributed by atoms with Gasteiger partial charge in [0.1, 0.15) is 0 Å². The first kappa shape index (κ1) is 16.4. The second-order valence-electron chi connectivity index (χ2n) is 6.96. The highest BCUT2D eigenvalue weighted by Crippen LogP contribution is 2.33. The van der Waals surface area contributed by atoms with E-state index in [1.54, 1.807) is 24.3 Å². The Kier molecular flexibility index (Phi) is 3.94. The second-order valence-corrected chi connectivity index (χ2v) is 8.97. The summed E-state index contributed by atoms with van der Waals surface area (Å²) >= 11 is 0. The highest BCUT2D eigenvalue weighted by molar-refractivity contribution is 7.93. The highest BCUT2D eigenvalue weighted by Gasteiger charge is 2.41. The largest absolute Gasteiger partial charge is 0.339 e. The number of likely N-dealkylation sites (tertiary alicyclic amines) is 1. The fraction of sp³-hybridized carbons (Fsp3) is 0.529. The number of nitrogens with one attached hydrogen (secondary N) is 1. The highest BCUT2D eigenvalue weighted by atomic mass is 32.2. The van der Waals surface area contributed by atoms with Gasteiger partial charge >= 0.3 is 0 Å². The molecule has 1 N–H and O–H groups in total. The zero-order valence-corrected chi connectivity index (χ0v) is 14.7. The van der Waals surface area contributed by atoms with Crippen LogP contribution >= 0.6 is 0 Å². The number of benzene rings is 1. The molecule has 3 fully saturated rings. The third kappa shape index (κ3) is 3.22. The number of amides is 2. The van der Waals surface area contributed by atoms with Gasteiger partial charge in [-0.25, -0.2) is 8.42 Å². The molecule has 1 saturated carbocycles. The molecule has 134 valence electrons. The molecule has 7 nitrogen and oxygen atoms in total. The molecule has 25 heavy (non-hydrogen) atoms. The van der Waals surface area contributed by atoms with Crippen LogP contribution in [0.1, 0.15) is 25.7 Å². The van der Waals surface area contributed by atoms with Gasteiger partial charge in [0.05, 0.1) is 17.4 Å². The Balaban J connectivity index is 1.40. The van der Waals surface area contributed by atoms with Crippen LogP contribution in [-0.2, 0) is 19.6 Å². The Bertz CT molecular complexity index is 802. The van der Waals surface area contributed by atoms with Gasteiger partial charge in [0, 0.05) is 31.2 Å². The van der Waals surface area contributed by atoms with Crippen molar-refractivity contribution in [3.8, 4) is 0 Å². The zero-order chi connectivity index (χ0) is 17.6. The number of nitrogens with zero attached hydrogens (tertiary/aromatic N) is 2. The van der Waals surface area contributed by atoms with Crippen molar-refractivity contribution in [3.63, 3.8) is 0 Å². The number of rotatable bonds is 4. The van der Waals surface area contributed by atoms with Gasteiger partial charge in [0.15, 0.2) is 0 Å². The summed E-state index contributed by atoms with van der Waals surface area (Å²) in [6.07, 6.45) is 2.99. The van der Waals surface area contributed by atoms with E-state index >= 15 is 0 Å². The predicted molar refractivity (Wildman–Crippen MR) is 93.7 cm³/mol. The molecule has 2 saturated heterocycles. The third-order valence-electron chi connectivity index (χ3n) is 5.04. The topological polar surface area (TPSA) is 86.8 Å². The normalized spacial score (nSPS) is 25.4. The van der Waals surface area contributed by atoms with Crippen LogP contribution in [0.15, 0.2) is 24.3 Å². The summed E-state index contributed by atoms with van der Waals surface area (Å²) in [5, 5.41) is 2.84. The average molecular weight is 363 g/mol. The smallest absolute Gasteiger partial charge is 0.235 e. The fourth-order valence-electron chi connectivity index (χ4n) is 3.53. The molecule has 2 heterocycles. The Morgan fingerprint density at radius 2 is 1.88 bits per heavy atom. The predicted octanol–water partition coefficient (Wildman–Crippen LogP) is 1.18. The first-order chi connectivity index (χ1) is 11.9. The Hall–Kier alpha value is -2.09. The molecule has 1 aliphatic carbocycles. The molecule has 4 rings (SSSR count). The molecule has 1 aromatic carbocycles. The Morgan fingerprint density at radius 1 is 1.16 bits per heavy atom. The van der Waals surface area contributed by atoms with Crippen molar-refractivity contribution in [1.82, 2.24) is 4.90 Å². The van der Waals surface area contributed by atoms with Crippen molar-refractivity contribution in [1.29, 1.82) is 0 Å². The molecule has 2 amide bonds. The van der Waals surface area contributed by atoms with Gasteiger partial charge in [-0.1, -0.05) is 0 Å². The summed E-state index contributed by atoms with van der Waals surface area (Å²) in [5.74, 6) is -0.222. The maximum Gasteiger partial charge on any atom is 0.235 e. The van der Waals surface area contributed by atoms with Gasteiger partial charge < -0.3 is 10.2 Å². The lowest BCUT2D eigenvalue weighted by Gasteiger charge is -2.18. The standard InChI is InChI=1S/C17H21N3O4S/c21-16-10-12(11-19(16)14-6-7-14)17(22)18-13-2-4-15(5-3-13)20-8-1-9-25(20,23)24/h2-5,12,14H,1,6-11H2,(H,18,22). The van der Waals surface area contributed by atoms with Crippen molar-refractivity contribution in [2.45, 2.75) is 31.7 Å². The molecule has 2 aliphatic heterocycles. The molecule has 0 radical (unpaired) electrons. The minimum Gasteiger partial charge on any atom is -0.339 e. The molecule has 1 unspecified atom stereocenters. The Labute approximate surface area is 147 Å². The first-order valence-corrected chi connectivity index (χ1v) is 10.3. The molecule has 0 spiro atoms. The number of carbonyl (C=O) groups is 2. The quantitative estimate of drug-likeness (QED) is 0.870. The van der Waals surface area contributed by atoms with Crippen LogP contribution in [0.25, 0.3) is 0 Å². The van der Waals surface area contributed by atoms with Crippen LogP contribution < -0.4 is 9.62 Å². The maximum atomic E-state index is 12.4. The van der Waals surface area contributed by atoms with E-state index in [2.05, 4.69) is 5.32 Å². The van der Waals surface area contributed by atoms with E-state index in [-0.39, 0.29) is 29.9 Å². The number of anilines is 2. The monoisotopic (exact) mass is 363 g/mol. The fourth-order valence-corrected chi connectivity index (χ4v) is 5.10. The van der Waals surface area contributed by atoms with Gasteiger partial charge in [-0.3, -0.25) is 13.9 Å². The lowest BCUT2D eigenvalue weighted by Crippen LogP contribution is -2.29. The van der Waals surface area contributed by atoms with E-state index in [0.29, 0.717) is 36.9 Å². The van der Waals surface area contributed by atoms with Gasteiger partial charge in [-0.05, 0) is 43.5 Å². The number of hydrogen-bond acceptors (Lipinski definition) is 4. The number of hydrogen-bond donors (Lipinski definition) is 1. The summed E-state index contributed by atoms with van der Waals surface area (Å²) in [6, 6.07) is 7.16. The van der Waals surface area contributed by atoms with E-state index in [0.717, 1.165) is 12.8 Å². The van der Waals surface area contributed by atoms with E-state index in [1.807, 2.05) is 4.90 Å². The van der Waals surface area contributed by atoms with Crippen molar-refractivity contribution in [3.05, 3.63) is 24.3 Å². The first-order valence-electron chi connectivity index (χ1n) is 8.65. The van der Waals surface area contributed by atoms with E-state index in [9.17, 15) is 18.0 Å². The maximum absolute atomic E-state index is 12.4. The third-order valence-corrected chi connectivity index (χ3v) is 6.91. The van der Waals surface area contributed by atoms with Crippen molar-refractivity contribution >= 4 is 33.2 Å². The van der Waals surface area contributed by atoms with Crippen LogP contribution in [0.3, 0.4) is 0 Å². The van der Waals surface area contributed by atoms with Gasteiger partial charge in [0.2, 0.25) is 21.8 Å². The zero-order valence-electron chi connectivity index (χ0n) is 13.8. The molecule has 1 aromatic rings. The number of carbonyl (C=O) groups excluding carboxylic acids is 2. The number of sulfonamides is 1. The van der Waals surface area contributed by atoms with E-state index in [1.165, 1.54) is 4.31 Å². The van der Waals surface area contributed by atoms with Crippen LogP contribution in [0.5, 0.6) is 0 Å². The van der Waals surface area contributed by atoms with Crippen molar-refractivity contribution in [2.24, 2.45) is 5.92 Å². The average Bonchev–Trinajstić information content (AvgIpc) is 3.25. The lowest BCUT2D eigenvalue weighted by atomic mass is 10.1. The summed E-state index contributed by atoms with van der Waals surface area (Å²) < 4.78 is 25.3. The van der Waals surface area contributed by atoms with Crippen molar-refractivity contribution in [2.75, 3.05) is 28.5 Å². The molecular weight excluding hydrogens is 342 g/mol. The minimum absolute atomic E-state index is 0.0669. The summed E-state index contributed by atoms with van der Waals surface area (Å²) in [6.45, 7) is 0.995. The SMILES string of the molecule is O=C(Nc1ccc(N2CCCS2(=O)=O)cc1)C1CC(=O)N(C2CC2)C1. The van der Waals surface area contributed by atoms with Crippen molar-refractivity contribution < 1.29 is 18.0 Å². The van der Waals surface area contributed by atoms with Gasteiger partial charge in [0.25, 0.3) is 0 Å². The summed E-state index contributed by atoms with van der Waals surface area (Å²) in [5.41, 5.74) is 1.23. The van der Waals surface area contributed by atoms with Crippen LogP contribution in [0, 0.1) is 5.92 Å². The van der Waals surface area contributed by atoms with Gasteiger partial charge in [-0.2, -0.15) is 0 Å². The molecule has 0 aromatic heterocycles. The van der Waals surface area contributed by atoms with E-state index < -0.39 is 10.0 Å². The molecule has 0 bridgehead atoms. The van der Waals surface area contributed by atoms with E-state index in [4.69, 9.17) is 0 Å². The van der Waals surface area contributed by atoms with Gasteiger partial charge in [-0.15, -0.1) is 0 Å². The van der Waals surface area contributed by atoms with Crippen LogP contribution in [0.2, 0.25) is 0 Å². The molecule has 1 atom stereocenters. The lowest BCUT2D eigenvalue weighted by molar-refractivity contribution is -0.128. The minimum atomic E-state index is -3.20. The Morgan fingerprint density at radius 3 is 2.48 bits per heavy atom. The van der Waals surface area contributed by atoms with Crippen LogP contribution in [0.4, 0.5) is 11.4 Å². The second kappa shape index (κ2) is 6.01. The molecule has 3 aliphatic rings. The summed E-state index contributed by atoms with van der Waals surface area (Å²) in [4.78, 5) is 26.2. The van der Waals surface area contributed by atoms with Crippen LogP contribution in [-0.4, -0.2) is 50.0 Å². The summed E-state index contributed by atoms with van der Waals surface area (Å²) in [7, 11) is -3.20.